The van der Waals surface area contributed by atoms with Crippen LogP contribution in [0.4, 0.5) is 0 Å². The Hall–Kier alpha value is -0.870. The molecule has 4 heteroatoms. The number of imidazole rings is 1. The fourth-order valence-electron chi connectivity index (χ4n) is 3.23. The van der Waals surface area contributed by atoms with E-state index in [0.29, 0.717) is 6.04 Å². The lowest BCUT2D eigenvalue weighted by molar-refractivity contribution is 0.353. The van der Waals surface area contributed by atoms with E-state index in [0.717, 1.165) is 29.8 Å². The van der Waals surface area contributed by atoms with E-state index in [1.807, 2.05) is 0 Å². The molecule has 0 bridgehead atoms. The molecule has 2 heterocycles. The van der Waals surface area contributed by atoms with Crippen molar-refractivity contribution in [3.63, 3.8) is 0 Å². The van der Waals surface area contributed by atoms with Crippen LogP contribution in [0.5, 0.6) is 0 Å². The largest absolute Gasteiger partial charge is 0.314 e. The van der Waals surface area contributed by atoms with Crippen molar-refractivity contribution >= 4 is 16.3 Å². The molecule has 0 aromatic carbocycles. The second kappa shape index (κ2) is 5.02. The van der Waals surface area contributed by atoms with Crippen LogP contribution in [0.25, 0.3) is 4.96 Å². The maximum Gasteiger partial charge on any atom is 0.193 e. The maximum atomic E-state index is 4.70. The zero-order valence-corrected chi connectivity index (χ0v) is 11.9. The highest BCUT2D eigenvalue weighted by atomic mass is 32.1. The molecule has 2 aromatic rings. The van der Waals surface area contributed by atoms with E-state index in [9.17, 15) is 0 Å². The van der Waals surface area contributed by atoms with Gasteiger partial charge in [0.05, 0.1) is 5.69 Å². The van der Waals surface area contributed by atoms with Gasteiger partial charge in [0.2, 0.25) is 0 Å². The van der Waals surface area contributed by atoms with Crippen molar-refractivity contribution in [2.24, 2.45) is 11.8 Å². The van der Waals surface area contributed by atoms with Gasteiger partial charge in [0.25, 0.3) is 0 Å². The van der Waals surface area contributed by atoms with Gasteiger partial charge < -0.3 is 5.32 Å². The highest BCUT2D eigenvalue weighted by Gasteiger charge is 2.32. The molecule has 1 saturated carbocycles. The van der Waals surface area contributed by atoms with E-state index >= 15 is 0 Å². The van der Waals surface area contributed by atoms with Crippen LogP contribution >= 0.6 is 11.3 Å². The van der Waals surface area contributed by atoms with Crippen LogP contribution in [0.2, 0.25) is 0 Å². The topological polar surface area (TPSA) is 29.3 Å². The molecule has 2 aromatic heterocycles. The summed E-state index contributed by atoms with van der Waals surface area (Å²) in [5.74, 6) is 1.56. The maximum absolute atomic E-state index is 4.70. The quantitative estimate of drug-likeness (QED) is 0.919. The molecule has 3 nitrogen and oxygen atoms in total. The monoisotopic (exact) mass is 263 g/mol. The number of thiazole rings is 1. The van der Waals surface area contributed by atoms with E-state index in [-0.39, 0.29) is 0 Å². The number of nitrogens with zero attached hydrogens (tertiary/aromatic N) is 2. The zero-order chi connectivity index (χ0) is 12.5. The summed E-state index contributed by atoms with van der Waals surface area (Å²) in [6.45, 7) is 5.68. The highest BCUT2D eigenvalue weighted by molar-refractivity contribution is 7.15. The van der Waals surface area contributed by atoms with E-state index < -0.39 is 0 Å². The summed E-state index contributed by atoms with van der Waals surface area (Å²) >= 11 is 1.72. The van der Waals surface area contributed by atoms with Crippen LogP contribution in [-0.2, 0) is 6.42 Å². The first kappa shape index (κ1) is 12.2. The zero-order valence-electron chi connectivity index (χ0n) is 11.1. The molecule has 18 heavy (non-hydrogen) atoms. The Bertz CT molecular complexity index is 487. The Labute approximate surface area is 112 Å². The second-order valence-electron chi connectivity index (χ2n) is 5.39. The van der Waals surface area contributed by atoms with Crippen LogP contribution in [0.15, 0.2) is 17.8 Å². The second-order valence-corrected chi connectivity index (χ2v) is 6.26. The first-order chi connectivity index (χ1) is 8.78. The van der Waals surface area contributed by atoms with Gasteiger partial charge in [-0.1, -0.05) is 13.8 Å². The van der Waals surface area contributed by atoms with Crippen LogP contribution < -0.4 is 5.32 Å². The summed E-state index contributed by atoms with van der Waals surface area (Å²) in [4.78, 5) is 5.83. The summed E-state index contributed by atoms with van der Waals surface area (Å²) in [6.07, 6.45) is 8.08. The van der Waals surface area contributed by atoms with Crippen molar-refractivity contribution in [1.82, 2.24) is 14.7 Å². The summed E-state index contributed by atoms with van der Waals surface area (Å²) in [5, 5.41) is 5.70. The SMILES string of the molecule is CCNC1CCC(Cc2cn3ccsc3n2)C1C. The molecule has 3 atom stereocenters. The average Bonchev–Trinajstić information content (AvgIpc) is 2.99. The minimum absolute atomic E-state index is 0.712. The molecule has 98 valence electrons. The number of hydrogen-bond donors (Lipinski definition) is 1. The third-order valence-corrected chi connectivity index (χ3v) is 5.08. The fraction of sp³-hybridized carbons (Fsp3) is 0.643. The minimum atomic E-state index is 0.712. The smallest absolute Gasteiger partial charge is 0.193 e. The van der Waals surface area contributed by atoms with Crippen molar-refractivity contribution in [3.8, 4) is 0 Å². The fourth-order valence-corrected chi connectivity index (χ4v) is 3.95. The molecule has 0 saturated heterocycles. The summed E-state index contributed by atoms with van der Waals surface area (Å²) in [6, 6.07) is 0.712. The van der Waals surface area contributed by atoms with Gasteiger partial charge >= 0.3 is 0 Å². The number of aromatic nitrogens is 2. The van der Waals surface area contributed by atoms with E-state index in [4.69, 9.17) is 4.98 Å². The lowest BCUT2D eigenvalue weighted by Crippen LogP contribution is -2.32. The van der Waals surface area contributed by atoms with Crippen molar-refractivity contribution in [2.45, 2.75) is 39.2 Å². The van der Waals surface area contributed by atoms with Gasteiger partial charge in [0, 0.05) is 23.8 Å². The average molecular weight is 263 g/mol. The number of fused-ring (bicyclic) bond motifs is 1. The molecular formula is C14H21N3S. The Morgan fingerprint density at radius 3 is 3.17 bits per heavy atom. The summed E-state index contributed by atoms with van der Waals surface area (Å²) < 4.78 is 2.14. The van der Waals surface area contributed by atoms with E-state index in [1.54, 1.807) is 11.3 Å². The first-order valence-electron chi connectivity index (χ1n) is 6.92. The third kappa shape index (κ3) is 2.19. The van der Waals surface area contributed by atoms with Crippen molar-refractivity contribution in [2.75, 3.05) is 6.54 Å². The molecule has 1 N–H and O–H groups in total. The predicted octanol–water partition coefficient (Wildman–Crippen LogP) is 2.96. The number of hydrogen-bond acceptors (Lipinski definition) is 3. The normalized spacial score (nSPS) is 28.2. The lowest BCUT2D eigenvalue weighted by atomic mass is 9.91. The summed E-state index contributed by atoms with van der Waals surface area (Å²) in [5.41, 5.74) is 1.26. The molecule has 3 unspecified atom stereocenters. The van der Waals surface area contributed by atoms with Gasteiger partial charge in [-0.25, -0.2) is 4.98 Å². The minimum Gasteiger partial charge on any atom is -0.314 e. The van der Waals surface area contributed by atoms with Gasteiger partial charge in [0.15, 0.2) is 4.96 Å². The van der Waals surface area contributed by atoms with Gasteiger partial charge in [-0.05, 0) is 37.6 Å². The van der Waals surface area contributed by atoms with Gasteiger partial charge in [-0.2, -0.15) is 0 Å². The Morgan fingerprint density at radius 1 is 1.50 bits per heavy atom. The number of rotatable bonds is 4. The van der Waals surface area contributed by atoms with Crippen molar-refractivity contribution in [1.29, 1.82) is 0 Å². The standard InChI is InChI=1S/C14H21N3S/c1-3-15-13-5-4-11(10(13)2)8-12-9-17-6-7-18-14(17)16-12/h6-7,9-11,13,15H,3-5,8H2,1-2H3. The van der Waals surface area contributed by atoms with E-state index in [1.165, 1.54) is 18.5 Å². The van der Waals surface area contributed by atoms with E-state index in [2.05, 4.69) is 41.3 Å². The molecular weight excluding hydrogens is 242 g/mol. The molecule has 1 aliphatic rings. The van der Waals surface area contributed by atoms with Crippen LogP contribution in [0.3, 0.4) is 0 Å². The van der Waals surface area contributed by atoms with Crippen LogP contribution in [0, 0.1) is 11.8 Å². The summed E-state index contributed by atoms with van der Waals surface area (Å²) in [7, 11) is 0. The lowest BCUT2D eigenvalue weighted by Gasteiger charge is -2.20. The van der Waals surface area contributed by atoms with Crippen molar-refractivity contribution in [3.05, 3.63) is 23.5 Å². The van der Waals surface area contributed by atoms with Gasteiger partial charge in [-0.15, -0.1) is 11.3 Å². The van der Waals surface area contributed by atoms with Crippen LogP contribution in [0.1, 0.15) is 32.4 Å². The number of nitrogens with one attached hydrogen (secondary N) is 1. The Kier molecular flexibility index (Phi) is 3.39. The van der Waals surface area contributed by atoms with Crippen LogP contribution in [-0.4, -0.2) is 22.0 Å². The van der Waals surface area contributed by atoms with Crippen molar-refractivity contribution < 1.29 is 0 Å². The van der Waals surface area contributed by atoms with Gasteiger partial charge in [-0.3, -0.25) is 4.40 Å². The molecule has 1 fully saturated rings. The Morgan fingerprint density at radius 2 is 2.39 bits per heavy atom. The van der Waals surface area contributed by atoms with Gasteiger partial charge in [0.1, 0.15) is 0 Å². The molecule has 0 radical (unpaired) electrons. The predicted molar refractivity (Wildman–Crippen MR) is 76.1 cm³/mol. The first-order valence-corrected chi connectivity index (χ1v) is 7.80. The molecule has 0 aliphatic heterocycles. The molecule has 1 aliphatic carbocycles. The molecule has 3 rings (SSSR count). The molecule has 0 spiro atoms. The third-order valence-electron chi connectivity index (χ3n) is 4.31. The highest BCUT2D eigenvalue weighted by Crippen LogP contribution is 2.34. The Balaban J connectivity index is 1.68. The molecule has 0 amide bonds.